The second-order valence-corrected chi connectivity index (χ2v) is 4.75. The molecule has 0 spiro atoms. The maximum Gasteiger partial charge on any atom is 0.123 e. The van der Waals surface area contributed by atoms with Gasteiger partial charge in [0.2, 0.25) is 0 Å². The van der Waals surface area contributed by atoms with Gasteiger partial charge in [-0.25, -0.2) is 0 Å². The molecule has 1 unspecified atom stereocenters. The highest BCUT2D eigenvalue weighted by Gasteiger charge is 2.17. The lowest BCUT2D eigenvalue weighted by molar-refractivity contribution is 0.217. The quantitative estimate of drug-likeness (QED) is 0.764. The first-order chi connectivity index (χ1) is 9.27. The van der Waals surface area contributed by atoms with E-state index in [0.717, 1.165) is 10.8 Å². The fourth-order valence-corrected chi connectivity index (χ4v) is 2.44. The zero-order valence-electron chi connectivity index (χ0n) is 10.1. The van der Waals surface area contributed by atoms with Crippen molar-refractivity contribution in [3.63, 3.8) is 0 Å². The molecule has 3 aromatic rings. The molecule has 0 aliphatic heterocycles. The molecule has 1 N–H and O–H groups in total. The van der Waals surface area contributed by atoms with E-state index in [4.69, 9.17) is 11.6 Å². The lowest BCUT2D eigenvalue weighted by atomic mass is 10.0. The summed E-state index contributed by atoms with van der Waals surface area (Å²) in [5.74, 6) is 0. The molecule has 0 aliphatic carbocycles. The zero-order chi connectivity index (χ0) is 13.2. The van der Waals surface area contributed by atoms with Gasteiger partial charge in [0.15, 0.2) is 0 Å². The zero-order valence-corrected chi connectivity index (χ0v) is 10.9. The molecular weight excluding hydrogens is 258 g/mol. The van der Waals surface area contributed by atoms with Crippen LogP contribution in [0.2, 0.25) is 5.02 Å². The summed E-state index contributed by atoms with van der Waals surface area (Å²) in [6.07, 6.45) is 0.886. The van der Waals surface area contributed by atoms with Gasteiger partial charge in [-0.2, -0.15) is 0 Å². The molecule has 0 radical (unpaired) electrons. The number of hydrogen-bond acceptors (Lipinski definition) is 2. The molecule has 0 aliphatic rings. The maximum atomic E-state index is 10.5. The Morgan fingerprint density at radius 2 is 1.68 bits per heavy atom. The smallest absolute Gasteiger partial charge is 0.123 e. The highest BCUT2D eigenvalue weighted by molar-refractivity contribution is 6.31. The van der Waals surface area contributed by atoms with Crippen LogP contribution < -0.4 is 0 Å². The van der Waals surface area contributed by atoms with Gasteiger partial charge in [0.25, 0.3) is 0 Å². The Morgan fingerprint density at radius 1 is 0.947 bits per heavy atom. The Morgan fingerprint density at radius 3 is 2.53 bits per heavy atom. The third-order valence-electron chi connectivity index (χ3n) is 3.16. The van der Waals surface area contributed by atoms with Crippen LogP contribution in [0.5, 0.6) is 0 Å². The summed E-state index contributed by atoms with van der Waals surface area (Å²) in [5, 5.41) is 13.1. The summed E-state index contributed by atoms with van der Waals surface area (Å²) in [7, 11) is 0. The van der Waals surface area contributed by atoms with E-state index in [1.807, 2.05) is 48.5 Å². The van der Waals surface area contributed by atoms with E-state index >= 15 is 0 Å². The van der Waals surface area contributed by atoms with E-state index in [9.17, 15) is 5.11 Å². The number of benzene rings is 2. The highest BCUT2D eigenvalue weighted by Crippen LogP contribution is 2.30. The minimum Gasteiger partial charge on any atom is -0.382 e. The van der Waals surface area contributed by atoms with Gasteiger partial charge in [0.1, 0.15) is 6.10 Å². The molecule has 0 saturated heterocycles. The monoisotopic (exact) mass is 269 g/mol. The van der Waals surface area contributed by atoms with E-state index < -0.39 is 6.10 Å². The molecule has 3 rings (SSSR count). The topological polar surface area (TPSA) is 33.1 Å². The minimum atomic E-state index is -0.820. The molecule has 1 atom stereocenters. The van der Waals surface area contributed by atoms with Crippen LogP contribution in [0.4, 0.5) is 0 Å². The van der Waals surface area contributed by atoms with E-state index in [-0.39, 0.29) is 0 Å². The number of rotatable bonds is 2. The molecule has 94 valence electrons. The standard InChI is InChI=1S/C16H12ClNO/c17-14-8-4-3-7-13(14)16(19)15-12-6-2-1-5-11(12)9-10-18-15/h1-10,16,19H. The van der Waals surface area contributed by atoms with Crippen molar-refractivity contribution in [2.45, 2.75) is 6.10 Å². The van der Waals surface area contributed by atoms with Crippen LogP contribution in [-0.4, -0.2) is 10.1 Å². The van der Waals surface area contributed by atoms with Gasteiger partial charge in [-0.15, -0.1) is 0 Å². The number of hydrogen-bond donors (Lipinski definition) is 1. The Hall–Kier alpha value is -1.90. The van der Waals surface area contributed by atoms with Crippen LogP contribution in [0.25, 0.3) is 10.8 Å². The molecule has 1 heterocycles. The van der Waals surface area contributed by atoms with Crippen LogP contribution in [0, 0.1) is 0 Å². The van der Waals surface area contributed by atoms with Crippen molar-refractivity contribution < 1.29 is 5.11 Å². The third kappa shape index (κ3) is 2.21. The summed E-state index contributed by atoms with van der Waals surface area (Å²) in [4.78, 5) is 4.32. The van der Waals surface area contributed by atoms with Gasteiger partial charge in [0.05, 0.1) is 5.69 Å². The predicted molar refractivity (Wildman–Crippen MR) is 77.3 cm³/mol. The van der Waals surface area contributed by atoms with Gasteiger partial charge < -0.3 is 5.11 Å². The lowest BCUT2D eigenvalue weighted by Crippen LogP contribution is -2.03. The summed E-state index contributed by atoms with van der Waals surface area (Å²) in [6, 6.07) is 17.1. The summed E-state index contributed by atoms with van der Waals surface area (Å²) >= 11 is 6.13. The lowest BCUT2D eigenvalue weighted by Gasteiger charge is -2.14. The number of nitrogens with zero attached hydrogens (tertiary/aromatic N) is 1. The molecule has 0 amide bonds. The number of aromatic nitrogens is 1. The first-order valence-electron chi connectivity index (χ1n) is 6.03. The van der Waals surface area contributed by atoms with Crippen molar-refractivity contribution in [2.75, 3.05) is 0 Å². The Balaban J connectivity index is 2.17. The molecule has 3 heteroatoms. The van der Waals surface area contributed by atoms with Crippen LogP contribution in [-0.2, 0) is 0 Å². The average Bonchev–Trinajstić information content (AvgIpc) is 2.46. The molecule has 19 heavy (non-hydrogen) atoms. The number of pyridine rings is 1. The van der Waals surface area contributed by atoms with Crippen molar-refractivity contribution >= 4 is 22.4 Å². The SMILES string of the molecule is OC(c1ccccc1Cl)c1nccc2ccccc12. The second kappa shape index (κ2) is 5.00. The van der Waals surface area contributed by atoms with Crippen molar-refractivity contribution in [2.24, 2.45) is 0 Å². The van der Waals surface area contributed by atoms with Crippen molar-refractivity contribution in [3.8, 4) is 0 Å². The molecular formula is C16H12ClNO. The molecule has 0 saturated carbocycles. The van der Waals surface area contributed by atoms with Gasteiger partial charge in [-0.1, -0.05) is 54.1 Å². The van der Waals surface area contributed by atoms with Crippen molar-refractivity contribution in [1.82, 2.24) is 4.98 Å². The fourth-order valence-electron chi connectivity index (χ4n) is 2.21. The van der Waals surface area contributed by atoms with E-state index in [2.05, 4.69) is 4.98 Å². The fraction of sp³-hybridized carbons (Fsp3) is 0.0625. The minimum absolute atomic E-state index is 0.546. The second-order valence-electron chi connectivity index (χ2n) is 4.34. The number of aliphatic hydroxyl groups is 1. The van der Waals surface area contributed by atoms with Crippen molar-refractivity contribution in [1.29, 1.82) is 0 Å². The Labute approximate surface area is 116 Å². The molecule has 0 bridgehead atoms. The molecule has 0 fully saturated rings. The van der Waals surface area contributed by atoms with Crippen LogP contribution in [0.15, 0.2) is 60.8 Å². The third-order valence-corrected chi connectivity index (χ3v) is 3.51. The average molecular weight is 270 g/mol. The van der Waals surface area contributed by atoms with Gasteiger partial charge in [-0.05, 0) is 17.5 Å². The summed E-state index contributed by atoms with van der Waals surface area (Å²) in [6.45, 7) is 0. The summed E-state index contributed by atoms with van der Waals surface area (Å²) in [5.41, 5.74) is 1.30. The molecule has 1 aromatic heterocycles. The van der Waals surface area contributed by atoms with Gasteiger partial charge in [-0.3, -0.25) is 4.98 Å². The van der Waals surface area contributed by atoms with Crippen LogP contribution in [0.3, 0.4) is 0 Å². The largest absolute Gasteiger partial charge is 0.382 e. The number of fused-ring (bicyclic) bond motifs is 1. The molecule has 2 aromatic carbocycles. The van der Waals surface area contributed by atoms with Crippen LogP contribution in [0.1, 0.15) is 17.4 Å². The number of halogens is 1. The number of aliphatic hydroxyl groups excluding tert-OH is 1. The normalized spacial score (nSPS) is 12.5. The Bertz CT molecular complexity index is 721. The van der Waals surface area contributed by atoms with E-state index in [1.54, 1.807) is 12.3 Å². The van der Waals surface area contributed by atoms with Crippen LogP contribution >= 0.6 is 11.6 Å². The first kappa shape index (κ1) is 12.2. The predicted octanol–water partition coefficient (Wildman–Crippen LogP) is 3.97. The van der Waals surface area contributed by atoms with Gasteiger partial charge in [0, 0.05) is 22.2 Å². The maximum absolute atomic E-state index is 10.5. The first-order valence-corrected chi connectivity index (χ1v) is 6.41. The van der Waals surface area contributed by atoms with E-state index in [0.29, 0.717) is 16.3 Å². The molecule has 2 nitrogen and oxygen atoms in total. The van der Waals surface area contributed by atoms with Crippen molar-refractivity contribution in [3.05, 3.63) is 77.1 Å². The summed E-state index contributed by atoms with van der Waals surface area (Å²) < 4.78 is 0. The Kier molecular flexibility index (Phi) is 3.20. The highest BCUT2D eigenvalue weighted by atomic mass is 35.5. The van der Waals surface area contributed by atoms with Gasteiger partial charge >= 0.3 is 0 Å². The van der Waals surface area contributed by atoms with E-state index in [1.165, 1.54) is 0 Å².